The Morgan fingerprint density at radius 3 is 2.85 bits per heavy atom. The Hall–Kier alpha value is -2.40. The smallest absolute Gasteiger partial charge is 0.270 e. The van der Waals surface area contributed by atoms with E-state index in [-0.39, 0.29) is 5.69 Å². The van der Waals surface area contributed by atoms with E-state index in [9.17, 15) is 10.1 Å². The molecule has 0 spiro atoms. The van der Waals surface area contributed by atoms with E-state index in [0.717, 1.165) is 17.0 Å². The fourth-order valence-corrected chi connectivity index (χ4v) is 2.47. The molecule has 0 N–H and O–H groups in total. The second kappa shape index (κ2) is 4.61. The maximum absolute atomic E-state index is 10.9. The van der Waals surface area contributed by atoms with E-state index in [0.29, 0.717) is 10.7 Å². The Kier molecular flexibility index (Phi) is 2.91. The maximum atomic E-state index is 10.9. The normalized spacial score (nSPS) is 10.9. The molecule has 3 rings (SSSR count). The summed E-state index contributed by atoms with van der Waals surface area (Å²) >= 11 is 6.12. The molecule has 0 amide bonds. The molecule has 0 bridgehead atoms. The number of hydrogen-bond acceptors (Lipinski definition) is 3. The Bertz CT molecular complexity index is 826. The summed E-state index contributed by atoms with van der Waals surface area (Å²) in [5, 5.41) is 11.4. The van der Waals surface area contributed by atoms with Gasteiger partial charge in [-0.3, -0.25) is 14.5 Å². The van der Waals surface area contributed by atoms with Crippen molar-refractivity contribution in [3.8, 4) is 11.3 Å². The second-order valence-electron chi connectivity index (χ2n) is 4.40. The van der Waals surface area contributed by atoms with Crippen LogP contribution in [0.1, 0.15) is 5.69 Å². The molecule has 0 radical (unpaired) electrons. The molecular formula is C14H10ClN3O2. The molecule has 0 aliphatic carbocycles. The summed E-state index contributed by atoms with van der Waals surface area (Å²) in [7, 11) is 0. The first-order valence-corrected chi connectivity index (χ1v) is 6.34. The lowest BCUT2D eigenvalue weighted by atomic mass is 10.1. The zero-order valence-electron chi connectivity index (χ0n) is 10.6. The monoisotopic (exact) mass is 287 g/mol. The number of pyridine rings is 1. The minimum absolute atomic E-state index is 0.0545. The molecule has 2 aromatic heterocycles. The Morgan fingerprint density at radius 1 is 1.30 bits per heavy atom. The Labute approximate surface area is 119 Å². The minimum Gasteiger partial charge on any atom is -0.298 e. The van der Waals surface area contributed by atoms with Gasteiger partial charge >= 0.3 is 0 Å². The van der Waals surface area contributed by atoms with Crippen LogP contribution in [0.15, 0.2) is 42.6 Å². The van der Waals surface area contributed by atoms with Gasteiger partial charge in [0.1, 0.15) is 0 Å². The molecule has 3 aromatic rings. The number of halogens is 1. The number of benzene rings is 1. The Morgan fingerprint density at radius 2 is 2.10 bits per heavy atom. The summed E-state index contributed by atoms with van der Waals surface area (Å²) in [4.78, 5) is 14.9. The highest BCUT2D eigenvalue weighted by Gasteiger charge is 2.15. The zero-order valence-corrected chi connectivity index (χ0v) is 11.3. The van der Waals surface area contributed by atoms with Crippen molar-refractivity contribution in [1.82, 2.24) is 9.38 Å². The molecular weight excluding hydrogens is 278 g/mol. The minimum atomic E-state index is -0.408. The van der Waals surface area contributed by atoms with Gasteiger partial charge in [0, 0.05) is 23.9 Å². The van der Waals surface area contributed by atoms with Gasteiger partial charge in [0.05, 0.1) is 21.3 Å². The molecule has 20 heavy (non-hydrogen) atoms. The summed E-state index contributed by atoms with van der Waals surface area (Å²) in [6.45, 7) is 1.86. The van der Waals surface area contributed by atoms with Crippen molar-refractivity contribution in [2.24, 2.45) is 0 Å². The first-order chi connectivity index (χ1) is 9.58. The van der Waals surface area contributed by atoms with Crippen molar-refractivity contribution in [3.63, 3.8) is 0 Å². The summed E-state index contributed by atoms with van der Waals surface area (Å²) in [5.74, 6) is 0. The average molecular weight is 288 g/mol. The van der Waals surface area contributed by atoms with Gasteiger partial charge in [0.15, 0.2) is 5.65 Å². The molecule has 0 atom stereocenters. The van der Waals surface area contributed by atoms with Crippen LogP contribution in [0.5, 0.6) is 0 Å². The zero-order chi connectivity index (χ0) is 14.3. The lowest BCUT2D eigenvalue weighted by Crippen LogP contribution is -1.92. The quantitative estimate of drug-likeness (QED) is 0.531. The Balaban J connectivity index is 2.29. The first-order valence-electron chi connectivity index (χ1n) is 5.96. The highest BCUT2D eigenvalue weighted by molar-refractivity contribution is 6.33. The molecule has 0 saturated heterocycles. The van der Waals surface area contributed by atoms with Crippen LogP contribution in [-0.2, 0) is 0 Å². The average Bonchev–Trinajstić information content (AvgIpc) is 2.77. The van der Waals surface area contributed by atoms with E-state index in [2.05, 4.69) is 4.98 Å². The highest BCUT2D eigenvalue weighted by Crippen LogP contribution is 2.29. The van der Waals surface area contributed by atoms with E-state index >= 15 is 0 Å². The van der Waals surface area contributed by atoms with E-state index in [1.54, 1.807) is 12.1 Å². The SMILES string of the molecule is Cc1nc2c(Cl)cccn2c1-c1cccc([N+](=O)[O-])c1. The number of rotatable bonds is 2. The van der Waals surface area contributed by atoms with Gasteiger partial charge in [-0.25, -0.2) is 4.98 Å². The van der Waals surface area contributed by atoms with E-state index in [4.69, 9.17) is 11.6 Å². The van der Waals surface area contributed by atoms with Gasteiger partial charge in [-0.15, -0.1) is 0 Å². The van der Waals surface area contributed by atoms with Gasteiger partial charge in [0.2, 0.25) is 0 Å². The lowest BCUT2D eigenvalue weighted by molar-refractivity contribution is -0.384. The molecule has 5 nitrogen and oxygen atoms in total. The van der Waals surface area contributed by atoms with Crippen LogP contribution in [0, 0.1) is 17.0 Å². The van der Waals surface area contributed by atoms with Gasteiger partial charge in [-0.2, -0.15) is 0 Å². The molecule has 100 valence electrons. The van der Waals surface area contributed by atoms with Crippen LogP contribution in [0.2, 0.25) is 5.02 Å². The fourth-order valence-electron chi connectivity index (χ4n) is 2.26. The number of nitro groups is 1. The number of nitro benzene ring substituents is 1. The predicted molar refractivity (Wildman–Crippen MR) is 77.0 cm³/mol. The van der Waals surface area contributed by atoms with Gasteiger partial charge in [0.25, 0.3) is 5.69 Å². The highest BCUT2D eigenvalue weighted by atomic mass is 35.5. The van der Waals surface area contributed by atoms with Crippen molar-refractivity contribution >= 4 is 22.9 Å². The maximum Gasteiger partial charge on any atom is 0.270 e. The summed E-state index contributed by atoms with van der Waals surface area (Å²) in [6, 6.07) is 10.1. The molecule has 0 fully saturated rings. The van der Waals surface area contributed by atoms with E-state index in [1.165, 1.54) is 12.1 Å². The van der Waals surface area contributed by atoms with Crippen molar-refractivity contribution in [3.05, 3.63) is 63.4 Å². The van der Waals surface area contributed by atoms with Crippen molar-refractivity contribution in [2.45, 2.75) is 6.92 Å². The molecule has 2 heterocycles. The van der Waals surface area contributed by atoms with Crippen LogP contribution in [0.3, 0.4) is 0 Å². The van der Waals surface area contributed by atoms with Crippen molar-refractivity contribution in [2.75, 3.05) is 0 Å². The molecule has 0 aliphatic rings. The largest absolute Gasteiger partial charge is 0.298 e. The molecule has 1 aromatic carbocycles. The number of aromatic nitrogens is 2. The van der Waals surface area contributed by atoms with Crippen LogP contribution in [0.25, 0.3) is 16.9 Å². The van der Waals surface area contributed by atoms with Gasteiger partial charge in [-0.1, -0.05) is 23.7 Å². The lowest BCUT2D eigenvalue weighted by Gasteiger charge is -2.03. The number of imidazole rings is 1. The van der Waals surface area contributed by atoms with Gasteiger partial charge in [-0.05, 0) is 19.1 Å². The second-order valence-corrected chi connectivity index (χ2v) is 4.81. The number of fused-ring (bicyclic) bond motifs is 1. The van der Waals surface area contributed by atoms with Crippen molar-refractivity contribution in [1.29, 1.82) is 0 Å². The van der Waals surface area contributed by atoms with Crippen LogP contribution < -0.4 is 0 Å². The third-order valence-corrected chi connectivity index (χ3v) is 3.40. The topological polar surface area (TPSA) is 60.4 Å². The number of nitrogens with zero attached hydrogens (tertiary/aromatic N) is 3. The standard InChI is InChI=1S/C14H10ClN3O2/c1-9-13(10-4-2-5-11(8-10)18(19)20)17-7-3-6-12(15)14(17)16-9/h2-8H,1H3. The molecule has 0 aliphatic heterocycles. The van der Waals surface area contributed by atoms with Gasteiger partial charge < -0.3 is 0 Å². The summed E-state index contributed by atoms with van der Waals surface area (Å²) in [6.07, 6.45) is 1.84. The molecule has 6 heteroatoms. The summed E-state index contributed by atoms with van der Waals surface area (Å²) < 4.78 is 1.84. The predicted octanol–water partition coefficient (Wildman–Crippen LogP) is 3.87. The van der Waals surface area contributed by atoms with Crippen LogP contribution in [-0.4, -0.2) is 14.3 Å². The number of non-ortho nitro benzene ring substituents is 1. The van der Waals surface area contributed by atoms with Crippen LogP contribution in [0.4, 0.5) is 5.69 Å². The van der Waals surface area contributed by atoms with Crippen molar-refractivity contribution < 1.29 is 4.92 Å². The molecule has 0 saturated carbocycles. The first kappa shape index (κ1) is 12.6. The van der Waals surface area contributed by atoms with E-state index < -0.39 is 4.92 Å². The fraction of sp³-hybridized carbons (Fsp3) is 0.0714. The van der Waals surface area contributed by atoms with E-state index in [1.807, 2.05) is 29.7 Å². The molecule has 0 unspecified atom stereocenters. The summed E-state index contributed by atoms with van der Waals surface area (Å²) in [5.41, 5.74) is 3.03. The number of aryl methyl sites for hydroxylation is 1. The van der Waals surface area contributed by atoms with Crippen LogP contribution >= 0.6 is 11.6 Å². The number of hydrogen-bond donors (Lipinski definition) is 0. The third-order valence-electron chi connectivity index (χ3n) is 3.11. The third kappa shape index (κ3) is 1.92.